The maximum atomic E-state index is 6.24. The number of likely N-dealkylation sites (N-methyl/N-ethyl adjacent to an activating group) is 1. The minimum atomic E-state index is 0.228. The van der Waals surface area contributed by atoms with E-state index in [9.17, 15) is 0 Å². The molecule has 1 atom stereocenters. The Morgan fingerprint density at radius 2 is 1.72 bits per heavy atom. The van der Waals surface area contributed by atoms with Crippen LogP contribution in [0, 0.1) is 5.41 Å². The third-order valence-corrected chi connectivity index (χ3v) is 5.91. The number of nitrogens with two attached hydrogens (primary N) is 1. The number of piperazine rings is 1. The summed E-state index contributed by atoms with van der Waals surface area (Å²) in [6, 6.07) is 0. The Bertz CT molecular complexity index is 311. The first-order valence-corrected chi connectivity index (χ1v) is 7.42. The molecule has 106 valence electrons. The van der Waals surface area contributed by atoms with Gasteiger partial charge in [-0.15, -0.1) is 0 Å². The molecule has 2 rings (SSSR count). The second kappa shape index (κ2) is 4.46. The van der Waals surface area contributed by atoms with E-state index in [4.69, 9.17) is 5.73 Å². The lowest BCUT2D eigenvalue weighted by Crippen LogP contribution is -2.68. The number of nitrogens with zero attached hydrogens (tertiary/aromatic N) is 2. The molecule has 1 heterocycles. The summed E-state index contributed by atoms with van der Waals surface area (Å²) < 4.78 is 0. The van der Waals surface area contributed by atoms with Crippen molar-refractivity contribution in [1.29, 1.82) is 0 Å². The highest BCUT2D eigenvalue weighted by atomic mass is 15.3. The second-order valence-electron chi connectivity index (χ2n) is 7.63. The molecule has 18 heavy (non-hydrogen) atoms. The highest BCUT2D eigenvalue weighted by Gasteiger charge is 2.53. The minimum Gasteiger partial charge on any atom is -0.329 e. The van der Waals surface area contributed by atoms with E-state index >= 15 is 0 Å². The first-order valence-electron chi connectivity index (χ1n) is 7.42. The van der Waals surface area contributed by atoms with Crippen LogP contribution in [0.2, 0.25) is 0 Å². The van der Waals surface area contributed by atoms with Gasteiger partial charge < -0.3 is 5.73 Å². The predicted molar refractivity (Wildman–Crippen MR) is 77.7 cm³/mol. The third-order valence-electron chi connectivity index (χ3n) is 5.91. The molecule has 1 aliphatic heterocycles. The molecule has 0 radical (unpaired) electrons. The van der Waals surface area contributed by atoms with E-state index in [-0.39, 0.29) is 11.1 Å². The topological polar surface area (TPSA) is 32.5 Å². The molecule has 2 N–H and O–H groups in total. The SMILES string of the molecule is CN1CCN(C2(CN)CCCC2(C)C)CC1(C)C. The zero-order valence-electron chi connectivity index (χ0n) is 12.9. The zero-order valence-corrected chi connectivity index (χ0v) is 12.9. The number of hydrogen-bond acceptors (Lipinski definition) is 3. The number of rotatable bonds is 2. The van der Waals surface area contributed by atoms with Gasteiger partial charge in [0.2, 0.25) is 0 Å². The predicted octanol–water partition coefficient (Wildman–Crippen LogP) is 1.92. The minimum absolute atomic E-state index is 0.228. The first kappa shape index (κ1) is 14.3. The molecule has 2 fully saturated rings. The van der Waals surface area contributed by atoms with Gasteiger partial charge in [0.1, 0.15) is 0 Å². The van der Waals surface area contributed by atoms with Crippen molar-refractivity contribution in [2.24, 2.45) is 11.1 Å². The van der Waals surface area contributed by atoms with Crippen molar-refractivity contribution >= 4 is 0 Å². The largest absolute Gasteiger partial charge is 0.329 e. The van der Waals surface area contributed by atoms with Crippen molar-refractivity contribution < 1.29 is 0 Å². The van der Waals surface area contributed by atoms with Crippen molar-refractivity contribution in [2.75, 3.05) is 33.2 Å². The summed E-state index contributed by atoms with van der Waals surface area (Å²) in [5.74, 6) is 0. The molecule has 0 amide bonds. The van der Waals surface area contributed by atoms with Gasteiger partial charge >= 0.3 is 0 Å². The quantitative estimate of drug-likeness (QED) is 0.816. The molecule has 2 aliphatic rings. The van der Waals surface area contributed by atoms with Crippen molar-refractivity contribution in [1.82, 2.24) is 9.80 Å². The Kier molecular flexibility index (Phi) is 3.54. The van der Waals surface area contributed by atoms with Gasteiger partial charge in [-0.05, 0) is 39.2 Å². The highest BCUT2D eigenvalue weighted by molar-refractivity contribution is 5.09. The van der Waals surface area contributed by atoms with Crippen LogP contribution in [0.15, 0.2) is 0 Å². The molecule has 0 aromatic rings. The van der Waals surface area contributed by atoms with Crippen LogP contribution in [-0.4, -0.2) is 54.1 Å². The van der Waals surface area contributed by atoms with Crippen LogP contribution in [-0.2, 0) is 0 Å². The van der Waals surface area contributed by atoms with Gasteiger partial charge in [0, 0.05) is 37.3 Å². The van der Waals surface area contributed by atoms with Gasteiger partial charge in [-0.1, -0.05) is 20.3 Å². The molecule has 3 heteroatoms. The summed E-state index contributed by atoms with van der Waals surface area (Å²) in [6.07, 6.45) is 3.92. The van der Waals surface area contributed by atoms with E-state index in [0.29, 0.717) is 5.41 Å². The molecule has 0 bridgehead atoms. The van der Waals surface area contributed by atoms with Crippen LogP contribution in [0.1, 0.15) is 47.0 Å². The van der Waals surface area contributed by atoms with Crippen LogP contribution in [0.3, 0.4) is 0 Å². The maximum Gasteiger partial charge on any atom is 0.0383 e. The molecular formula is C15H31N3. The van der Waals surface area contributed by atoms with Crippen molar-refractivity contribution in [2.45, 2.75) is 58.0 Å². The van der Waals surface area contributed by atoms with E-state index in [0.717, 1.165) is 19.6 Å². The summed E-state index contributed by atoms with van der Waals surface area (Å²) in [5.41, 5.74) is 7.09. The maximum absolute atomic E-state index is 6.24. The molecule has 3 nitrogen and oxygen atoms in total. The first-order chi connectivity index (χ1) is 8.25. The van der Waals surface area contributed by atoms with Crippen LogP contribution >= 0.6 is 0 Å². The normalized spacial score (nSPS) is 37.0. The van der Waals surface area contributed by atoms with Gasteiger partial charge in [0.15, 0.2) is 0 Å². The zero-order chi connectivity index (χ0) is 13.6. The lowest BCUT2D eigenvalue weighted by atomic mass is 9.72. The third kappa shape index (κ3) is 2.00. The fourth-order valence-corrected chi connectivity index (χ4v) is 4.09. The highest BCUT2D eigenvalue weighted by Crippen LogP contribution is 2.49. The molecule has 1 aliphatic carbocycles. The molecular weight excluding hydrogens is 222 g/mol. The second-order valence-corrected chi connectivity index (χ2v) is 7.63. The monoisotopic (exact) mass is 253 g/mol. The Balaban J connectivity index is 2.24. The van der Waals surface area contributed by atoms with Crippen LogP contribution in [0.5, 0.6) is 0 Å². The Labute approximate surface area is 113 Å². The molecule has 1 saturated heterocycles. The Hall–Kier alpha value is -0.120. The molecule has 1 unspecified atom stereocenters. The molecule has 0 spiro atoms. The summed E-state index contributed by atoms with van der Waals surface area (Å²) in [7, 11) is 2.24. The summed E-state index contributed by atoms with van der Waals surface area (Å²) >= 11 is 0. The molecule has 0 aromatic carbocycles. The lowest BCUT2D eigenvalue weighted by molar-refractivity contribution is -0.0591. The van der Waals surface area contributed by atoms with Crippen molar-refractivity contribution in [3.8, 4) is 0 Å². The summed E-state index contributed by atoms with van der Waals surface area (Å²) in [5, 5.41) is 0. The average molecular weight is 253 g/mol. The molecule has 0 aromatic heterocycles. The lowest BCUT2D eigenvalue weighted by Gasteiger charge is -2.56. The van der Waals surface area contributed by atoms with Gasteiger partial charge in [0.05, 0.1) is 0 Å². The smallest absolute Gasteiger partial charge is 0.0383 e. The molecule has 1 saturated carbocycles. The van der Waals surface area contributed by atoms with Crippen molar-refractivity contribution in [3.63, 3.8) is 0 Å². The van der Waals surface area contributed by atoms with E-state index in [1.54, 1.807) is 0 Å². The fourth-order valence-electron chi connectivity index (χ4n) is 4.09. The van der Waals surface area contributed by atoms with Crippen molar-refractivity contribution in [3.05, 3.63) is 0 Å². The van der Waals surface area contributed by atoms with Crippen LogP contribution < -0.4 is 5.73 Å². The van der Waals surface area contributed by atoms with Gasteiger partial charge in [-0.2, -0.15) is 0 Å². The Morgan fingerprint density at radius 3 is 2.17 bits per heavy atom. The number of hydrogen-bond donors (Lipinski definition) is 1. The van der Waals surface area contributed by atoms with Crippen LogP contribution in [0.25, 0.3) is 0 Å². The van der Waals surface area contributed by atoms with E-state index in [2.05, 4.69) is 44.5 Å². The van der Waals surface area contributed by atoms with E-state index in [1.165, 1.54) is 25.8 Å². The fraction of sp³-hybridized carbons (Fsp3) is 1.00. The Morgan fingerprint density at radius 1 is 1.06 bits per heavy atom. The van der Waals surface area contributed by atoms with Crippen LogP contribution in [0.4, 0.5) is 0 Å². The van der Waals surface area contributed by atoms with Gasteiger partial charge in [0.25, 0.3) is 0 Å². The summed E-state index contributed by atoms with van der Waals surface area (Å²) in [4.78, 5) is 5.19. The van der Waals surface area contributed by atoms with Gasteiger partial charge in [-0.25, -0.2) is 0 Å². The van der Waals surface area contributed by atoms with Gasteiger partial charge in [-0.3, -0.25) is 9.80 Å². The van der Waals surface area contributed by atoms with E-state index in [1.807, 2.05) is 0 Å². The standard InChI is InChI=1S/C15H31N3/c1-13(2)7-6-8-15(13,11-16)18-10-9-17(5)14(3,4)12-18/h6-12,16H2,1-5H3. The van der Waals surface area contributed by atoms with E-state index < -0.39 is 0 Å². The average Bonchev–Trinajstić information content (AvgIpc) is 2.58. The summed E-state index contributed by atoms with van der Waals surface area (Å²) in [6.45, 7) is 13.8.